The number of hydrogen-bond donors (Lipinski definition) is 1. The molecule has 0 radical (unpaired) electrons. The van der Waals surface area contributed by atoms with Gasteiger partial charge in [-0.2, -0.15) is 0 Å². The second-order valence-corrected chi connectivity index (χ2v) is 9.29. The van der Waals surface area contributed by atoms with E-state index in [9.17, 15) is 5.11 Å². The van der Waals surface area contributed by atoms with E-state index in [1.54, 1.807) is 7.11 Å². The molecule has 2 fully saturated rings. The fourth-order valence-corrected chi connectivity index (χ4v) is 5.21. The molecule has 2 aliphatic rings. The second kappa shape index (κ2) is 8.55. The Kier molecular flexibility index (Phi) is 5.78. The number of fused-ring (bicyclic) bond motifs is 1. The van der Waals surface area contributed by atoms with Crippen molar-refractivity contribution in [3.8, 4) is 0 Å². The topological polar surface area (TPSA) is 38.7 Å². The third kappa shape index (κ3) is 4.01. The smallest absolute Gasteiger partial charge is 0.195 e. The molecular weight excluding hydrogens is 408 g/mol. The summed E-state index contributed by atoms with van der Waals surface area (Å²) in [5.41, 5.74) is 4.76. The van der Waals surface area contributed by atoms with Crippen LogP contribution in [0.1, 0.15) is 60.3 Å². The average molecular weight is 437 g/mol. The first-order chi connectivity index (χ1) is 15.1. The lowest BCUT2D eigenvalue weighted by Crippen LogP contribution is -2.41. The van der Waals surface area contributed by atoms with Crippen LogP contribution in [0.25, 0.3) is 10.8 Å². The molecule has 1 saturated heterocycles. The summed E-state index contributed by atoms with van der Waals surface area (Å²) < 4.78 is 12.4. The summed E-state index contributed by atoms with van der Waals surface area (Å²) in [5.74, 6) is -0.116. The molecule has 4 heteroatoms. The molecule has 31 heavy (non-hydrogen) atoms. The normalized spacial score (nSPS) is 23.9. The van der Waals surface area contributed by atoms with Gasteiger partial charge in [0.25, 0.3) is 0 Å². The van der Waals surface area contributed by atoms with Gasteiger partial charge >= 0.3 is 0 Å². The Morgan fingerprint density at radius 1 is 1.06 bits per heavy atom. The van der Waals surface area contributed by atoms with E-state index >= 15 is 0 Å². The van der Waals surface area contributed by atoms with E-state index in [1.165, 1.54) is 24.0 Å². The summed E-state index contributed by atoms with van der Waals surface area (Å²) in [4.78, 5) is 0. The molecule has 0 aromatic heterocycles. The van der Waals surface area contributed by atoms with Crippen LogP contribution < -0.4 is 0 Å². The number of rotatable bonds is 6. The molecule has 0 spiro atoms. The van der Waals surface area contributed by atoms with Gasteiger partial charge in [-0.25, -0.2) is 0 Å². The maximum absolute atomic E-state index is 9.74. The molecule has 5 rings (SSSR count). The van der Waals surface area contributed by atoms with E-state index in [0.29, 0.717) is 0 Å². The monoisotopic (exact) mass is 436 g/mol. The summed E-state index contributed by atoms with van der Waals surface area (Å²) in [6.07, 6.45) is 5.69. The summed E-state index contributed by atoms with van der Waals surface area (Å²) in [6, 6.07) is 19.3. The number of benzene rings is 3. The molecule has 162 valence electrons. The van der Waals surface area contributed by atoms with Crippen molar-refractivity contribution in [1.82, 2.24) is 0 Å². The number of ether oxygens (including phenoxy) is 2. The summed E-state index contributed by atoms with van der Waals surface area (Å²) >= 11 is 6.92. The predicted octanol–water partition coefficient (Wildman–Crippen LogP) is 6.32. The van der Waals surface area contributed by atoms with Gasteiger partial charge in [0.15, 0.2) is 5.79 Å². The van der Waals surface area contributed by atoms with Crippen LogP contribution in [-0.4, -0.2) is 24.9 Å². The molecule has 1 aliphatic heterocycles. The van der Waals surface area contributed by atoms with Gasteiger partial charge in [-0.15, -0.1) is 0 Å². The lowest BCUT2D eigenvalue weighted by Gasteiger charge is -2.40. The van der Waals surface area contributed by atoms with Crippen molar-refractivity contribution in [2.45, 2.75) is 56.3 Å². The van der Waals surface area contributed by atoms with Gasteiger partial charge in [-0.05, 0) is 66.2 Å². The van der Waals surface area contributed by atoms with Gasteiger partial charge in [0.2, 0.25) is 0 Å². The van der Waals surface area contributed by atoms with Gasteiger partial charge in [-0.3, -0.25) is 0 Å². The Bertz CT molecular complexity index is 1070. The molecule has 1 aliphatic carbocycles. The van der Waals surface area contributed by atoms with Crippen molar-refractivity contribution in [2.75, 3.05) is 13.7 Å². The Hall–Kier alpha value is -1.91. The third-order valence-corrected chi connectivity index (χ3v) is 7.26. The first-order valence-corrected chi connectivity index (χ1v) is 11.6. The zero-order valence-electron chi connectivity index (χ0n) is 17.9. The molecule has 1 saturated carbocycles. The van der Waals surface area contributed by atoms with Gasteiger partial charge in [0.1, 0.15) is 0 Å². The van der Waals surface area contributed by atoms with Crippen molar-refractivity contribution < 1.29 is 14.6 Å². The second-order valence-electron chi connectivity index (χ2n) is 8.91. The van der Waals surface area contributed by atoms with E-state index in [2.05, 4.69) is 42.5 Å². The molecular formula is C27H29ClO3. The molecule has 2 atom stereocenters. The van der Waals surface area contributed by atoms with Crippen LogP contribution in [0.3, 0.4) is 0 Å². The van der Waals surface area contributed by atoms with Crippen LogP contribution in [0.4, 0.5) is 0 Å². The maximum Gasteiger partial charge on any atom is 0.195 e. The third-order valence-electron chi connectivity index (χ3n) is 6.81. The van der Waals surface area contributed by atoms with Gasteiger partial charge in [-0.1, -0.05) is 60.1 Å². The van der Waals surface area contributed by atoms with Gasteiger partial charge in [0.05, 0.1) is 17.7 Å². The number of methoxy groups -OCH3 is 1. The van der Waals surface area contributed by atoms with E-state index < -0.39 is 5.79 Å². The minimum absolute atomic E-state index is 0.00314. The van der Waals surface area contributed by atoms with E-state index in [1.807, 2.05) is 12.1 Å². The molecule has 3 aromatic carbocycles. The Morgan fingerprint density at radius 2 is 1.81 bits per heavy atom. The summed E-state index contributed by atoms with van der Waals surface area (Å²) in [6.45, 7) is -0.00314. The highest BCUT2D eigenvalue weighted by Crippen LogP contribution is 2.44. The number of halogens is 1. The van der Waals surface area contributed by atoms with Crippen LogP contribution in [0.15, 0.2) is 54.6 Å². The SMILES string of the molecule is COC1(c2cc(Cc3ccc(C4CC4)cc3)c(Cl)c3ccccc23)CCCC(CO)O1. The molecule has 0 bridgehead atoms. The first kappa shape index (κ1) is 21.0. The molecule has 1 N–H and O–H groups in total. The maximum atomic E-state index is 9.74. The van der Waals surface area contributed by atoms with Gasteiger partial charge in [0, 0.05) is 24.5 Å². The number of aliphatic hydroxyl groups is 1. The van der Waals surface area contributed by atoms with Crippen LogP contribution in [0.2, 0.25) is 5.02 Å². The Morgan fingerprint density at radius 3 is 2.48 bits per heavy atom. The van der Waals surface area contributed by atoms with Crippen molar-refractivity contribution in [3.05, 3.63) is 81.9 Å². The van der Waals surface area contributed by atoms with E-state index in [-0.39, 0.29) is 12.7 Å². The highest BCUT2D eigenvalue weighted by Gasteiger charge is 2.40. The fraction of sp³-hybridized carbons (Fsp3) is 0.407. The summed E-state index contributed by atoms with van der Waals surface area (Å²) in [7, 11) is 1.69. The Balaban J connectivity index is 1.58. The summed E-state index contributed by atoms with van der Waals surface area (Å²) in [5, 5.41) is 12.6. The molecule has 3 aromatic rings. The van der Waals surface area contributed by atoms with Crippen LogP contribution in [0, 0.1) is 0 Å². The minimum Gasteiger partial charge on any atom is -0.394 e. The van der Waals surface area contributed by atoms with Gasteiger partial charge < -0.3 is 14.6 Å². The van der Waals surface area contributed by atoms with Crippen LogP contribution in [0.5, 0.6) is 0 Å². The van der Waals surface area contributed by atoms with E-state index in [4.69, 9.17) is 21.1 Å². The Labute approximate surface area is 188 Å². The standard InChI is InChI=1S/C27H29ClO3/c1-30-27(14-4-5-22(17-29)31-27)25-16-21(26(28)24-7-3-2-6-23(24)25)15-18-8-10-19(11-9-18)20-12-13-20/h2-3,6-11,16,20,22,29H,4-5,12-15,17H2,1H3. The van der Waals surface area contributed by atoms with Crippen LogP contribution >= 0.6 is 11.6 Å². The van der Waals surface area contributed by atoms with Crippen molar-refractivity contribution in [2.24, 2.45) is 0 Å². The van der Waals surface area contributed by atoms with E-state index in [0.717, 1.165) is 58.5 Å². The average Bonchev–Trinajstić information content (AvgIpc) is 3.67. The molecule has 3 nitrogen and oxygen atoms in total. The zero-order valence-corrected chi connectivity index (χ0v) is 18.7. The largest absolute Gasteiger partial charge is 0.394 e. The zero-order chi connectivity index (χ0) is 21.4. The minimum atomic E-state index is -0.875. The highest BCUT2D eigenvalue weighted by atomic mass is 35.5. The first-order valence-electron chi connectivity index (χ1n) is 11.3. The lowest BCUT2D eigenvalue weighted by atomic mass is 9.88. The van der Waals surface area contributed by atoms with Crippen molar-refractivity contribution in [3.63, 3.8) is 0 Å². The number of aliphatic hydroxyl groups excluding tert-OH is 1. The van der Waals surface area contributed by atoms with Crippen molar-refractivity contribution >= 4 is 22.4 Å². The van der Waals surface area contributed by atoms with Crippen LogP contribution in [-0.2, 0) is 21.7 Å². The molecule has 1 heterocycles. The predicted molar refractivity (Wildman–Crippen MR) is 125 cm³/mol. The fourth-order valence-electron chi connectivity index (χ4n) is 4.92. The van der Waals surface area contributed by atoms with Crippen molar-refractivity contribution in [1.29, 1.82) is 0 Å². The molecule has 0 amide bonds. The lowest BCUT2D eigenvalue weighted by molar-refractivity contribution is -0.281. The number of hydrogen-bond acceptors (Lipinski definition) is 3. The quantitative estimate of drug-likeness (QED) is 0.491. The molecule has 2 unspecified atom stereocenters. The highest BCUT2D eigenvalue weighted by molar-refractivity contribution is 6.36.